The first-order valence-electron chi connectivity index (χ1n) is 7.04. The summed E-state index contributed by atoms with van der Waals surface area (Å²) in [6.07, 6.45) is 1.97. The molecule has 1 atom stereocenters. The highest BCUT2D eigenvalue weighted by Gasteiger charge is 2.08. The van der Waals surface area contributed by atoms with E-state index < -0.39 is 0 Å². The minimum Gasteiger partial charge on any atom is -0.378 e. The summed E-state index contributed by atoms with van der Waals surface area (Å²) in [5.41, 5.74) is 6.34. The van der Waals surface area contributed by atoms with Crippen molar-refractivity contribution in [2.75, 3.05) is 5.32 Å². The molecule has 0 saturated heterocycles. The molecule has 1 aromatic heterocycles. The molecule has 0 bridgehead atoms. The van der Waals surface area contributed by atoms with Crippen LogP contribution in [-0.2, 0) is 0 Å². The van der Waals surface area contributed by atoms with Gasteiger partial charge in [-0.05, 0) is 56.2 Å². The number of hydrogen-bond donors (Lipinski definition) is 2. The van der Waals surface area contributed by atoms with Gasteiger partial charge in [0, 0.05) is 28.8 Å². The fourth-order valence-electron chi connectivity index (χ4n) is 2.78. The van der Waals surface area contributed by atoms with Gasteiger partial charge in [0.05, 0.1) is 0 Å². The first kappa shape index (κ1) is 12.8. The van der Waals surface area contributed by atoms with E-state index in [2.05, 4.69) is 73.5 Å². The Labute approximate surface area is 119 Å². The highest BCUT2D eigenvalue weighted by atomic mass is 14.9. The number of H-pyrrole nitrogens is 1. The number of aromatic nitrogens is 1. The standard InChI is InChI=1S/C18H20N2/c1-12-4-6-17(13(2)10-12)14(3)20-16-5-7-18-15(11-16)8-9-19-18/h4-11,14,19-20H,1-3H3. The van der Waals surface area contributed by atoms with Crippen LogP contribution in [0.3, 0.4) is 0 Å². The summed E-state index contributed by atoms with van der Waals surface area (Å²) in [4.78, 5) is 3.22. The minimum atomic E-state index is 0.298. The normalized spacial score (nSPS) is 12.6. The Kier molecular flexibility index (Phi) is 3.23. The van der Waals surface area contributed by atoms with Gasteiger partial charge in [-0.1, -0.05) is 23.8 Å². The Bertz CT molecular complexity index is 740. The van der Waals surface area contributed by atoms with Gasteiger partial charge >= 0.3 is 0 Å². The van der Waals surface area contributed by atoms with Crippen molar-refractivity contribution in [3.63, 3.8) is 0 Å². The van der Waals surface area contributed by atoms with Crippen molar-refractivity contribution >= 4 is 16.6 Å². The topological polar surface area (TPSA) is 27.8 Å². The lowest BCUT2D eigenvalue weighted by Crippen LogP contribution is -2.08. The molecule has 2 aromatic carbocycles. The highest BCUT2D eigenvalue weighted by molar-refractivity contribution is 5.83. The molecule has 0 amide bonds. The van der Waals surface area contributed by atoms with Gasteiger partial charge < -0.3 is 10.3 Å². The quantitative estimate of drug-likeness (QED) is 0.687. The van der Waals surface area contributed by atoms with Gasteiger partial charge in [-0.3, -0.25) is 0 Å². The number of rotatable bonds is 3. The van der Waals surface area contributed by atoms with Crippen LogP contribution in [0.5, 0.6) is 0 Å². The molecule has 0 aliphatic carbocycles. The third kappa shape index (κ3) is 2.42. The molecule has 2 heteroatoms. The Hall–Kier alpha value is -2.22. The lowest BCUT2D eigenvalue weighted by atomic mass is 10.00. The predicted molar refractivity (Wildman–Crippen MR) is 86.3 cm³/mol. The molecular formula is C18H20N2. The van der Waals surface area contributed by atoms with Crippen molar-refractivity contribution in [2.45, 2.75) is 26.8 Å². The molecule has 1 unspecified atom stereocenters. The largest absolute Gasteiger partial charge is 0.378 e. The first-order chi connectivity index (χ1) is 9.63. The Morgan fingerprint density at radius 2 is 1.85 bits per heavy atom. The SMILES string of the molecule is Cc1ccc(C(C)Nc2ccc3[nH]ccc3c2)c(C)c1. The van der Waals surface area contributed by atoms with E-state index in [1.165, 1.54) is 27.6 Å². The maximum absolute atomic E-state index is 3.59. The van der Waals surface area contributed by atoms with Crippen LogP contribution in [0.1, 0.15) is 29.7 Å². The predicted octanol–water partition coefficient (Wildman–Crippen LogP) is 4.96. The Morgan fingerprint density at radius 1 is 1.00 bits per heavy atom. The van der Waals surface area contributed by atoms with E-state index in [0.29, 0.717) is 6.04 Å². The number of fused-ring (bicyclic) bond motifs is 1. The van der Waals surface area contributed by atoms with Gasteiger partial charge in [-0.15, -0.1) is 0 Å². The van der Waals surface area contributed by atoms with Crippen LogP contribution in [0.4, 0.5) is 5.69 Å². The van der Waals surface area contributed by atoms with Crippen LogP contribution in [0.2, 0.25) is 0 Å². The van der Waals surface area contributed by atoms with E-state index in [0.717, 1.165) is 5.69 Å². The molecule has 0 aliphatic heterocycles. The summed E-state index contributed by atoms with van der Waals surface area (Å²) in [5, 5.41) is 4.83. The van der Waals surface area contributed by atoms with E-state index in [9.17, 15) is 0 Å². The zero-order valence-corrected chi connectivity index (χ0v) is 12.2. The molecule has 2 N–H and O–H groups in total. The van der Waals surface area contributed by atoms with Gasteiger partial charge in [-0.2, -0.15) is 0 Å². The number of hydrogen-bond acceptors (Lipinski definition) is 1. The van der Waals surface area contributed by atoms with Crippen LogP contribution in [-0.4, -0.2) is 4.98 Å². The average molecular weight is 264 g/mol. The number of benzene rings is 2. The van der Waals surface area contributed by atoms with Gasteiger partial charge in [0.2, 0.25) is 0 Å². The molecule has 0 spiro atoms. The van der Waals surface area contributed by atoms with E-state index in [4.69, 9.17) is 0 Å². The van der Waals surface area contributed by atoms with Gasteiger partial charge in [-0.25, -0.2) is 0 Å². The Morgan fingerprint density at radius 3 is 2.65 bits per heavy atom. The van der Waals surface area contributed by atoms with Crippen LogP contribution >= 0.6 is 0 Å². The van der Waals surface area contributed by atoms with E-state index >= 15 is 0 Å². The molecule has 1 heterocycles. The number of aromatic amines is 1. The van der Waals surface area contributed by atoms with Crippen molar-refractivity contribution < 1.29 is 0 Å². The van der Waals surface area contributed by atoms with E-state index in [-0.39, 0.29) is 0 Å². The molecule has 2 nitrogen and oxygen atoms in total. The summed E-state index contributed by atoms with van der Waals surface area (Å²) in [7, 11) is 0. The molecule has 102 valence electrons. The monoisotopic (exact) mass is 264 g/mol. The van der Waals surface area contributed by atoms with E-state index in [1.807, 2.05) is 6.20 Å². The second-order valence-corrected chi connectivity index (χ2v) is 5.51. The van der Waals surface area contributed by atoms with Gasteiger partial charge in [0.1, 0.15) is 0 Å². The second-order valence-electron chi connectivity index (χ2n) is 5.51. The first-order valence-corrected chi connectivity index (χ1v) is 7.04. The summed E-state index contributed by atoms with van der Waals surface area (Å²) in [5.74, 6) is 0. The summed E-state index contributed by atoms with van der Waals surface area (Å²) in [6, 6.07) is 15.5. The van der Waals surface area contributed by atoms with Crippen molar-refractivity contribution in [2.24, 2.45) is 0 Å². The molecule has 3 aromatic rings. The van der Waals surface area contributed by atoms with Gasteiger partial charge in [0.15, 0.2) is 0 Å². The van der Waals surface area contributed by atoms with Crippen LogP contribution < -0.4 is 5.32 Å². The molecular weight excluding hydrogens is 244 g/mol. The molecule has 20 heavy (non-hydrogen) atoms. The molecule has 3 rings (SSSR count). The maximum atomic E-state index is 3.59. The third-order valence-electron chi connectivity index (χ3n) is 3.83. The zero-order valence-electron chi connectivity index (χ0n) is 12.2. The Balaban J connectivity index is 1.85. The van der Waals surface area contributed by atoms with Crippen molar-refractivity contribution in [1.29, 1.82) is 0 Å². The van der Waals surface area contributed by atoms with Crippen molar-refractivity contribution in [3.8, 4) is 0 Å². The van der Waals surface area contributed by atoms with E-state index in [1.54, 1.807) is 0 Å². The van der Waals surface area contributed by atoms with Crippen molar-refractivity contribution in [3.05, 3.63) is 65.4 Å². The van der Waals surface area contributed by atoms with Crippen LogP contribution in [0.25, 0.3) is 10.9 Å². The highest BCUT2D eigenvalue weighted by Crippen LogP contribution is 2.25. The molecule has 0 radical (unpaired) electrons. The fraction of sp³-hybridized carbons (Fsp3) is 0.222. The lowest BCUT2D eigenvalue weighted by Gasteiger charge is -2.18. The summed E-state index contributed by atoms with van der Waals surface area (Å²) in [6.45, 7) is 6.52. The number of aryl methyl sites for hydroxylation is 2. The zero-order chi connectivity index (χ0) is 14.1. The molecule has 0 aliphatic rings. The minimum absolute atomic E-state index is 0.298. The molecule has 0 fully saturated rings. The van der Waals surface area contributed by atoms with Gasteiger partial charge in [0.25, 0.3) is 0 Å². The van der Waals surface area contributed by atoms with Crippen LogP contribution in [0, 0.1) is 13.8 Å². The van der Waals surface area contributed by atoms with Crippen LogP contribution in [0.15, 0.2) is 48.7 Å². The number of nitrogens with one attached hydrogen (secondary N) is 2. The molecule has 0 saturated carbocycles. The smallest absolute Gasteiger partial charge is 0.0488 e. The average Bonchev–Trinajstić information content (AvgIpc) is 2.85. The summed E-state index contributed by atoms with van der Waals surface area (Å²) >= 11 is 0. The third-order valence-corrected chi connectivity index (χ3v) is 3.83. The summed E-state index contributed by atoms with van der Waals surface area (Å²) < 4.78 is 0. The van der Waals surface area contributed by atoms with Crippen molar-refractivity contribution in [1.82, 2.24) is 4.98 Å². The fourth-order valence-corrected chi connectivity index (χ4v) is 2.78. The lowest BCUT2D eigenvalue weighted by molar-refractivity contribution is 0.873. The maximum Gasteiger partial charge on any atom is 0.0488 e. The second kappa shape index (κ2) is 5.04. The number of anilines is 1.